The molecule has 0 unspecified atom stereocenters. The summed E-state index contributed by atoms with van der Waals surface area (Å²) in [5.74, 6) is 0. The van der Waals surface area contributed by atoms with Crippen molar-refractivity contribution in [2.24, 2.45) is 0 Å². The lowest BCUT2D eigenvalue weighted by Crippen LogP contribution is -2.16. The Morgan fingerprint density at radius 3 is 2.69 bits per heavy atom. The number of hydrogen-bond donors (Lipinski definition) is 1. The van der Waals surface area contributed by atoms with Gasteiger partial charge in [0.15, 0.2) is 5.69 Å². The van der Waals surface area contributed by atoms with Gasteiger partial charge in [-0.05, 0) is 35.8 Å². The van der Waals surface area contributed by atoms with Gasteiger partial charge in [-0.25, -0.2) is 4.98 Å². The van der Waals surface area contributed by atoms with Crippen LogP contribution in [0, 0.1) is 11.3 Å². The molecule has 0 radical (unpaired) electrons. The van der Waals surface area contributed by atoms with Crippen LogP contribution in [0.2, 0.25) is 0 Å². The molecule has 0 bridgehead atoms. The molecule has 13 heavy (non-hydrogen) atoms. The first-order valence-electron chi connectivity index (χ1n) is 3.74. The Hall–Kier alpha value is -0.920. The SMILES string of the molecule is CC(C)(O)c1ccnc(C#N)c1Br. The summed E-state index contributed by atoms with van der Waals surface area (Å²) in [5, 5.41) is 18.4. The largest absolute Gasteiger partial charge is 0.386 e. The van der Waals surface area contributed by atoms with E-state index in [1.54, 1.807) is 19.9 Å². The summed E-state index contributed by atoms with van der Waals surface area (Å²) < 4.78 is 0.560. The minimum Gasteiger partial charge on any atom is -0.386 e. The zero-order chi connectivity index (χ0) is 10.1. The van der Waals surface area contributed by atoms with E-state index in [4.69, 9.17) is 5.26 Å². The molecule has 0 spiro atoms. The maximum absolute atomic E-state index is 9.72. The van der Waals surface area contributed by atoms with E-state index in [9.17, 15) is 5.11 Å². The van der Waals surface area contributed by atoms with Crippen LogP contribution in [0.1, 0.15) is 25.1 Å². The highest BCUT2D eigenvalue weighted by atomic mass is 79.9. The summed E-state index contributed by atoms with van der Waals surface area (Å²) >= 11 is 3.23. The smallest absolute Gasteiger partial charge is 0.154 e. The Kier molecular flexibility index (Phi) is 2.69. The summed E-state index contributed by atoms with van der Waals surface area (Å²) in [6.45, 7) is 3.32. The second kappa shape index (κ2) is 3.44. The number of nitrogens with zero attached hydrogens (tertiary/aromatic N) is 2. The van der Waals surface area contributed by atoms with Gasteiger partial charge in [0.05, 0.1) is 10.1 Å². The quantitative estimate of drug-likeness (QED) is 0.817. The Labute approximate surface area is 85.2 Å². The van der Waals surface area contributed by atoms with Crippen molar-refractivity contribution in [3.8, 4) is 6.07 Å². The van der Waals surface area contributed by atoms with Gasteiger partial charge in [-0.1, -0.05) is 0 Å². The van der Waals surface area contributed by atoms with Crippen LogP contribution in [0.3, 0.4) is 0 Å². The highest BCUT2D eigenvalue weighted by molar-refractivity contribution is 9.10. The van der Waals surface area contributed by atoms with E-state index in [0.29, 0.717) is 15.7 Å². The topological polar surface area (TPSA) is 56.9 Å². The molecule has 0 atom stereocenters. The molecule has 1 aromatic heterocycles. The molecule has 0 aliphatic rings. The van der Waals surface area contributed by atoms with E-state index in [-0.39, 0.29) is 0 Å². The van der Waals surface area contributed by atoms with Gasteiger partial charge in [-0.2, -0.15) is 5.26 Å². The van der Waals surface area contributed by atoms with Crippen molar-refractivity contribution >= 4 is 15.9 Å². The second-order valence-electron chi connectivity index (χ2n) is 3.19. The molecule has 0 saturated heterocycles. The van der Waals surface area contributed by atoms with Crippen molar-refractivity contribution in [1.82, 2.24) is 4.98 Å². The van der Waals surface area contributed by atoms with Gasteiger partial charge in [0.25, 0.3) is 0 Å². The molecule has 0 amide bonds. The van der Waals surface area contributed by atoms with Crippen LogP contribution in [0.15, 0.2) is 16.7 Å². The van der Waals surface area contributed by atoms with Crippen molar-refractivity contribution in [2.45, 2.75) is 19.4 Å². The van der Waals surface area contributed by atoms with E-state index in [0.717, 1.165) is 0 Å². The maximum atomic E-state index is 9.72. The van der Waals surface area contributed by atoms with Crippen LogP contribution < -0.4 is 0 Å². The van der Waals surface area contributed by atoms with Crippen LogP contribution in [-0.4, -0.2) is 10.1 Å². The number of aliphatic hydroxyl groups is 1. The Bertz CT molecular complexity index is 363. The average Bonchev–Trinajstić information content (AvgIpc) is 2.02. The van der Waals surface area contributed by atoms with Gasteiger partial charge >= 0.3 is 0 Å². The molecule has 68 valence electrons. The zero-order valence-corrected chi connectivity index (χ0v) is 8.96. The van der Waals surface area contributed by atoms with Crippen LogP contribution in [-0.2, 0) is 5.60 Å². The standard InChI is InChI=1S/C9H9BrN2O/c1-9(2,13)6-3-4-12-7(5-11)8(6)10/h3-4,13H,1-2H3. The molecule has 4 heteroatoms. The Morgan fingerprint density at radius 2 is 2.23 bits per heavy atom. The minimum absolute atomic E-state index is 0.291. The highest BCUT2D eigenvalue weighted by Gasteiger charge is 2.20. The molecular weight excluding hydrogens is 232 g/mol. The van der Waals surface area contributed by atoms with Crippen LogP contribution in [0.25, 0.3) is 0 Å². The van der Waals surface area contributed by atoms with Crippen LogP contribution >= 0.6 is 15.9 Å². The Morgan fingerprint density at radius 1 is 1.62 bits per heavy atom. The summed E-state index contributed by atoms with van der Waals surface area (Å²) in [6, 6.07) is 3.62. The van der Waals surface area contributed by atoms with E-state index in [1.807, 2.05) is 6.07 Å². The summed E-state index contributed by atoms with van der Waals surface area (Å²) in [7, 11) is 0. The number of hydrogen-bond acceptors (Lipinski definition) is 3. The van der Waals surface area contributed by atoms with Crippen molar-refractivity contribution in [3.05, 3.63) is 28.0 Å². The molecule has 1 N–H and O–H groups in total. The summed E-state index contributed by atoms with van der Waals surface area (Å²) in [6.07, 6.45) is 1.51. The monoisotopic (exact) mass is 240 g/mol. The van der Waals surface area contributed by atoms with Crippen molar-refractivity contribution in [2.75, 3.05) is 0 Å². The third-order valence-electron chi connectivity index (χ3n) is 1.65. The molecule has 3 nitrogen and oxygen atoms in total. The predicted octanol–water partition coefficient (Wildman–Crippen LogP) is 1.94. The van der Waals surface area contributed by atoms with E-state index >= 15 is 0 Å². The van der Waals surface area contributed by atoms with Gasteiger partial charge < -0.3 is 5.11 Å². The van der Waals surface area contributed by atoms with Gasteiger partial charge in [-0.3, -0.25) is 0 Å². The second-order valence-corrected chi connectivity index (χ2v) is 3.98. The first-order chi connectivity index (χ1) is 5.96. The molecule has 0 saturated carbocycles. The van der Waals surface area contributed by atoms with Crippen molar-refractivity contribution in [3.63, 3.8) is 0 Å². The maximum Gasteiger partial charge on any atom is 0.154 e. The Balaban J connectivity index is 3.34. The summed E-state index contributed by atoms with van der Waals surface area (Å²) in [5.41, 5.74) is -0.00780. The first kappa shape index (κ1) is 10.2. The molecule has 0 aliphatic heterocycles. The van der Waals surface area contributed by atoms with Crippen molar-refractivity contribution < 1.29 is 5.11 Å². The van der Waals surface area contributed by atoms with E-state index in [1.165, 1.54) is 6.20 Å². The fourth-order valence-corrected chi connectivity index (χ4v) is 1.80. The molecule has 1 heterocycles. The lowest BCUT2D eigenvalue weighted by Gasteiger charge is -2.19. The fourth-order valence-electron chi connectivity index (χ4n) is 0.994. The number of aromatic nitrogens is 1. The lowest BCUT2D eigenvalue weighted by atomic mass is 9.99. The third-order valence-corrected chi connectivity index (χ3v) is 2.46. The lowest BCUT2D eigenvalue weighted by molar-refractivity contribution is 0.0777. The van der Waals surface area contributed by atoms with Gasteiger partial charge in [0.2, 0.25) is 0 Å². The molecule has 1 aromatic rings. The van der Waals surface area contributed by atoms with Crippen LogP contribution in [0.5, 0.6) is 0 Å². The number of nitriles is 1. The average molecular weight is 241 g/mol. The van der Waals surface area contributed by atoms with Crippen LogP contribution in [0.4, 0.5) is 0 Å². The van der Waals surface area contributed by atoms with Crippen molar-refractivity contribution in [1.29, 1.82) is 5.26 Å². The number of rotatable bonds is 1. The number of halogens is 1. The third kappa shape index (κ3) is 2.06. The first-order valence-corrected chi connectivity index (χ1v) is 4.53. The highest BCUT2D eigenvalue weighted by Crippen LogP contribution is 2.28. The summed E-state index contributed by atoms with van der Waals surface area (Å²) in [4.78, 5) is 3.85. The van der Waals surface area contributed by atoms with E-state index < -0.39 is 5.60 Å². The molecule has 0 fully saturated rings. The van der Waals surface area contributed by atoms with E-state index in [2.05, 4.69) is 20.9 Å². The number of pyridine rings is 1. The molecule has 1 rings (SSSR count). The molecule has 0 aromatic carbocycles. The molecular formula is C9H9BrN2O. The molecule has 0 aliphatic carbocycles. The normalized spacial score (nSPS) is 11.0. The predicted molar refractivity (Wildman–Crippen MR) is 51.9 cm³/mol. The fraction of sp³-hybridized carbons (Fsp3) is 0.333. The van der Waals surface area contributed by atoms with Gasteiger partial charge in [0, 0.05) is 11.8 Å². The zero-order valence-electron chi connectivity index (χ0n) is 7.37. The minimum atomic E-state index is -0.965. The van der Waals surface area contributed by atoms with Gasteiger partial charge in [-0.15, -0.1) is 0 Å². The van der Waals surface area contributed by atoms with Gasteiger partial charge in [0.1, 0.15) is 6.07 Å².